The van der Waals surface area contributed by atoms with Gasteiger partial charge in [0.15, 0.2) is 0 Å². The van der Waals surface area contributed by atoms with E-state index in [0.29, 0.717) is 18.5 Å². The van der Waals surface area contributed by atoms with Crippen LogP contribution < -0.4 is 11.1 Å². The summed E-state index contributed by atoms with van der Waals surface area (Å²) in [5.41, 5.74) is 7.60. The molecule has 2 fully saturated rings. The number of hydrogen-bond donors (Lipinski definition) is 2. The number of hydrogen-bond acceptors (Lipinski definition) is 3. The van der Waals surface area contributed by atoms with E-state index in [1.54, 1.807) is 0 Å². The fourth-order valence-corrected chi connectivity index (χ4v) is 3.47. The highest BCUT2D eigenvalue weighted by Crippen LogP contribution is 2.27. The number of anilines is 1. The van der Waals surface area contributed by atoms with Gasteiger partial charge in [-0.1, -0.05) is 12.1 Å². The van der Waals surface area contributed by atoms with Crippen LogP contribution in [-0.4, -0.2) is 36.0 Å². The van der Waals surface area contributed by atoms with Crippen molar-refractivity contribution in [1.82, 2.24) is 10.2 Å². The van der Waals surface area contributed by atoms with Crippen molar-refractivity contribution in [2.45, 2.75) is 44.2 Å². The number of carbonyl (C=O) groups is 1. The number of nitrogens with two attached hydrogens (primary N) is 1. The van der Waals surface area contributed by atoms with Crippen molar-refractivity contribution in [2.75, 3.05) is 18.8 Å². The fourth-order valence-electron chi connectivity index (χ4n) is 3.47. The third kappa shape index (κ3) is 2.96. The van der Waals surface area contributed by atoms with Gasteiger partial charge in [0, 0.05) is 30.7 Å². The van der Waals surface area contributed by atoms with Gasteiger partial charge in [0.2, 0.25) is 5.91 Å². The number of amides is 1. The average Bonchev–Trinajstić information content (AvgIpc) is 3.03. The zero-order valence-electron chi connectivity index (χ0n) is 11.8. The molecule has 1 amide bonds. The van der Waals surface area contributed by atoms with Gasteiger partial charge in [0.25, 0.3) is 0 Å². The number of nitrogens with one attached hydrogen (secondary N) is 1. The van der Waals surface area contributed by atoms with Crippen LogP contribution in [-0.2, 0) is 11.2 Å². The third-order valence-electron chi connectivity index (χ3n) is 4.57. The van der Waals surface area contributed by atoms with Crippen molar-refractivity contribution in [3.8, 4) is 0 Å². The van der Waals surface area contributed by atoms with Crippen molar-refractivity contribution in [2.24, 2.45) is 0 Å². The van der Waals surface area contributed by atoms with Crippen molar-refractivity contribution >= 4 is 11.6 Å². The van der Waals surface area contributed by atoms with Crippen LogP contribution in [0.4, 0.5) is 5.69 Å². The highest BCUT2D eigenvalue weighted by molar-refractivity contribution is 5.76. The van der Waals surface area contributed by atoms with Crippen LogP contribution in [0.1, 0.15) is 31.2 Å². The molecule has 20 heavy (non-hydrogen) atoms. The molecule has 0 saturated carbocycles. The topological polar surface area (TPSA) is 58.4 Å². The zero-order valence-corrected chi connectivity index (χ0v) is 11.8. The lowest BCUT2D eigenvalue weighted by molar-refractivity contribution is -0.121. The largest absolute Gasteiger partial charge is 0.399 e. The molecular weight excluding hydrogens is 250 g/mol. The molecule has 2 saturated heterocycles. The zero-order chi connectivity index (χ0) is 13.9. The number of nitrogen functional groups attached to an aromatic ring is 1. The predicted octanol–water partition coefficient (Wildman–Crippen LogP) is 1.55. The van der Waals surface area contributed by atoms with Crippen molar-refractivity contribution in [1.29, 1.82) is 0 Å². The summed E-state index contributed by atoms with van der Waals surface area (Å²) in [7, 11) is 0. The van der Waals surface area contributed by atoms with Crippen LogP contribution in [0.2, 0.25) is 0 Å². The summed E-state index contributed by atoms with van der Waals surface area (Å²) in [6.45, 7) is 2.36. The van der Waals surface area contributed by atoms with Crippen LogP contribution in [0.15, 0.2) is 24.3 Å². The van der Waals surface area contributed by atoms with E-state index in [0.717, 1.165) is 25.1 Å². The molecule has 4 nitrogen and oxygen atoms in total. The first-order valence-electron chi connectivity index (χ1n) is 7.60. The molecule has 108 valence electrons. The number of carbonyl (C=O) groups excluding carboxylic acids is 1. The SMILES string of the molecule is Nc1ccc(CCC(=O)NC2CCN3CCCC23)cc1. The van der Waals surface area contributed by atoms with E-state index in [1.807, 2.05) is 24.3 Å². The third-order valence-corrected chi connectivity index (χ3v) is 4.57. The second-order valence-corrected chi connectivity index (χ2v) is 5.95. The molecule has 4 heteroatoms. The maximum absolute atomic E-state index is 12.1. The summed E-state index contributed by atoms with van der Waals surface area (Å²) in [6, 6.07) is 8.74. The van der Waals surface area contributed by atoms with Crippen molar-refractivity contribution in [3.63, 3.8) is 0 Å². The molecule has 0 spiro atoms. The average molecular weight is 273 g/mol. The van der Waals surface area contributed by atoms with E-state index in [2.05, 4.69) is 10.2 Å². The van der Waals surface area contributed by atoms with E-state index in [1.165, 1.54) is 24.9 Å². The molecule has 3 rings (SSSR count). The molecule has 3 N–H and O–H groups in total. The Morgan fingerprint density at radius 1 is 1.25 bits per heavy atom. The van der Waals surface area contributed by atoms with Gasteiger partial charge in [0.1, 0.15) is 0 Å². The van der Waals surface area contributed by atoms with Gasteiger partial charge in [-0.15, -0.1) is 0 Å². The monoisotopic (exact) mass is 273 g/mol. The van der Waals surface area contributed by atoms with Gasteiger partial charge < -0.3 is 11.1 Å². The number of rotatable bonds is 4. The summed E-state index contributed by atoms with van der Waals surface area (Å²) in [6.07, 6.45) is 4.98. The van der Waals surface area contributed by atoms with E-state index >= 15 is 0 Å². The van der Waals surface area contributed by atoms with Gasteiger partial charge >= 0.3 is 0 Å². The van der Waals surface area contributed by atoms with Crippen LogP contribution in [0.5, 0.6) is 0 Å². The molecule has 2 aliphatic heterocycles. The number of benzene rings is 1. The first-order chi connectivity index (χ1) is 9.72. The lowest BCUT2D eigenvalue weighted by Crippen LogP contribution is -2.42. The Hall–Kier alpha value is -1.55. The maximum atomic E-state index is 12.1. The Labute approximate surface area is 120 Å². The molecule has 2 atom stereocenters. The molecule has 2 unspecified atom stereocenters. The molecule has 0 aromatic heterocycles. The highest BCUT2D eigenvalue weighted by Gasteiger charge is 2.37. The molecule has 0 aliphatic carbocycles. The summed E-state index contributed by atoms with van der Waals surface area (Å²) in [5.74, 6) is 0.181. The lowest BCUT2D eigenvalue weighted by Gasteiger charge is -2.21. The summed E-state index contributed by atoms with van der Waals surface area (Å²) < 4.78 is 0. The Balaban J connectivity index is 1.46. The van der Waals surface area contributed by atoms with E-state index < -0.39 is 0 Å². The minimum Gasteiger partial charge on any atom is -0.399 e. The van der Waals surface area contributed by atoms with Gasteiger partial charge in [-0.2, -0.15) is 0 Å². The summed E-state index contributed by atoms with van der Waals surface area (Å²) in [4.78, 5) is 14.6. The molecular formula is C16H23N3O. The van der Waals surface area contributed by atoms with Gasteiger partial charge in [-0.05, 0) is 49.9 Å². The minimum atomic E-state index is 0.181. The quantitative estimate of drug-likeness (QED) is 0.818. The fraction of sp³-hybridized carbons (Fsp3) is 0.562. The molecule has 1 aromatic rings. The standard InChI is InChI=1S/C16H23N3O/c17-13-6-3-12(4-7-13)5-8-16(20)18-14-9-11-19-10-1-2-15(14)19/h3-4,6-7,14-15H,1-2,5,8-11,17H2,(H,18,20). The normalized spacial score (nSPS) is 25.6. The highest BCUT2D eigenvalue weighted by atomic mass is 16.1. The predicted molar refractivity (Wildman–Crippen MR) is 80.3 cm³/mol. The van der Waals surface area contributed by atoms with Crippen LogP contribution in [0.25, 0.3) is 0 Å². The minimum absolute atomic E-state index is 0.181. The maximum Gasteiger partial charge on any atom is 0.220 e. The van der Waals surface area contributed by atoms with Crippen molar-refractivity contribution < 1.29 is 4.79 Å². The summed E-state index contributed by atoms with van der Waals surface area (Å²) in [5, 5.41) is 3.23. The molecule has 2 heterocycles. The summed E-state index contributed by atoms with van der Waals surface area (Å²) >= 11 is 0. The molecule has 0 bridgehead atoms. The van der Waals surface area contributed by atoms with Gasteiger partial charge in [0.05, 0.1) is 0 Å². The Kier molecular flexibility index (Phi) is 3.92. The number of nitrogens with zero attached hydrogens (tertiary/aromatic N) is 1. The first-order valence-corrected chi connectivity index (χ1v) is 7.60. The Bertz CT molecular complexity index is 471. The Morgan fingerprint density at radius 3 is 2.85 bits per heavy atom. The van der Waals surface area contributed by atoms with Crippen molar-refractivity contribution in [3.05, 3.63) is 29.8 Å². The molecule has 1 aromatic carbocycles. The second kappa shape index (κ2) is 5.83. The van der Waals surface area contributed by atoms with Crippen LogP contribution >= 0.6 is 0 Å². The Morgan fingerprint density at radius 2 is 2.05 bits per heavy atom. The lowest BCUT2D eigenvalue weighted by atomic mass is 10.1. The number of fused-ring (bicyclic) bond motifs is 1. The van der Waals surface area contributed by atoms with E-state index in [4.69, 9.17) is 5.73 Å². The molecule has 2 aliphatic rings. The van der Waals surface area contributed by atoms with Crippen LogP contribution in [0, 0.1) is 0 Å². The second-order valence-electron chi connectivity index (χ2n) is 5.95. The van der Waals surface area contributed by atoms with E-state index in [-0.39, 0.29) is 5.91 Å². The van der Waals surface area contributed by atoms with Gasteiger partial charge in [-0.25, -0.2) is 0 Å². The first kappa shape index (κ1) is 13.4. The number of aryl methyl sites for hydroxylation is 1. The van der Waals surface area contributed by atoms with Gasteiger partial charge in [-0.3, -0.25) is 9.69 Å². The van der Waals surface area contributed by atoms with Crippen LogP contribution in [0.3, 0.4) is 0 Å². The molecule has 0 radical (unpaired) electrons. The van der Waals surface area contributed by atoms with E-state index in [9.17, 15) is 4.79 Å². The smallest absolute Gasteiger partial charge is 0.220 e.